The zero-order chi connectivity index (χ0) is 22.3. The van der Waals surface area contributed by atoms with Gasteiger partial charge in [-0.25, -0.2) is 4.98 Å². The Morgan fingerprint density at radius 1 is 1.03 bits per heavy atom. The van der Waals surface area contributed by atoms with E-state index in [0.717, 1.165) is 22.1 Å². The third-order valence-electron chi connectivity index (χ3n) is 5.56. The molecule has 4 rings (SSSR count). The summed E-state index contributed by atoms with van der Waals surface area (Å²) in [7, 11) is 0. The first kappa shape index (κ1) is 21.6. The number of ether oxygens (including phenoxy) is 2. The number of amides is 1. The van der Waals surface area contributed by atoms with Gasteiger partial charge in [0.15, 0.2) is 0 Å². The second-order valence-electron chi connectivity index (χ2n) is 7.75. The molecule has 2 N–H and O–H groups in total. The summed E-state index contributed by atoms with van der Waals surface area (Å²) in [5.74, 6) is 0.301. The molecule has 2 unspecified atom stereocenters. The smallest absolute Gasteiger partial charge is 0.268 e. The number of fused-ring (bicyclic) bond motifs is 1. The predicted molar refractivity (Wildman–Crippen MR) is 125 cm³/mol. The van der Waals surface area contributed by atoms with Crippen LogP contribution in [0.15, 0.2) is 85.3 Å². The van der Waals surface area contributed by atoms with E-state index in [1.54, 1.807) is 12.5 Å². The summed E-state index contributed by atoms with van der Waals surface area (Å²) in [6, 6.07) is 24.2. The van der Waals surface area contributed by atoms with Crippen LogP contribution in [0.3, 0.4) is 0 Å². The Bertz CT molecular complexity index is 1170. The highest BCUT2D eigenvalue weighted by atomic mass is 16.5. The fraction of sp³-hybridized carbons (Fsp3) is 0.231. The summed E-state index contributed by atoms with van der Waals surface area (Å²) >= 11 is 0. The van der Waals surface area contributed by atoms with E-state index in [4.69, 9.17) is 15.2 Å². The van der Waals surface area contributed by atoms with Gasteiger partial charge in [0.1, 0.15) is 11.4 Å². The number of nitrogens with two attached hydrogens (primary N) is 1. The minimum atomic E-state index is -0.549. The maximum Gasteiger partial charge on any atom is 0.268 e. The maximum absolute atomic E-state index is 11.5. The van der Waals surface area contributed by atoms with Crippen LogP contribution in [-0.4, -0.2) is 28.2 Å². The van der Waals surface area contributed by atoms with Crippen LogP contribution in [0, 0.1) is 0 Å². The number of rotatable bonds is 10. The van der Waals surface area contributed by atoms with E-state index in [-0.39, 0.29) is 17.8 Å². The molecule has 1 heterocycles. The van der Waals surface area contributed by atoms with Crippen molar-refractivity contribution in [3.05, 3.63) is 96.6 Å². The van der Waals surface area contributed by atoms with Crippen LogP contribution >= 0.6 is 0 Å². The number of nitrogens with zero attached hydrogens (tertiary/aromatic N) is 2. The molecule has 1 aromatic heterocycles. The standard InChI is InChI=1S/C26H27N3O3/c1-19(32-17-20-8-3-2-4-9-20)24(29-16-23(26(27)30)28-18-29)14-15-31-25-13-7-11-21-10-5-6-12-22(21)25/h2-13,16,18-19,24H,14-15,17H2,1H3,(H2,27,30). The molecule has 0 saturated carbocycles. The average Bonchev–Trinajstić information content (AvgIpc) is 3.31. The molecule has 0 fully saturated rings. The summed E-state index contributed by atoms with van der Waals surface area (Å²) in [6.07, 6.45) is 3.84. The lowest BCUT2D eigenvalue weighted by Crippen LogP contribution is -2.26. The lowest BCUT2D eigenvalue weighted by atomic mass is 10.1. The first-order valence-electron chi connectivity index (χ1n) is 10.7. The molecule has 6 nitrogen and oxygen atoms in total. The number of aromatic nitrogens is 2. The van der Waals surface area contributed by atoms with Crippen LogP contribution in [0.1, 0.15) is 35.4 Å². The minimum Gasteiger partial charge on any atom is -0.493 e. The fourth-order valence-corrected chi connectivity index (χ4v) is 3.80. The topological polar surface area (TPSA) is 79.4 Å². The van der Waals surface area contributed by atoms with E-state index < -0.39 is 5.91 Å². The Kier molecular flexibility index (Phi) is 6.82. The predicted octanol–water partition coefficient (Wildman–Crippen LogP) is 4.75. The zero-order valence-electron chi connectivity index (χ0n) is 18.1. The lowest BCUT2D eigenvalue weighted by molar-refractivity contribution is 0.0113. The Morgan fingerprint density at radius 2 is 1.78 bits per heavy atom. The molecule has 0 aliphatic carbocycles. The number of carbonyl (C=O) groups excluding carboxylic acids is 1. The van der Waals surface area contributed by atoms with Crippen molar-refractivity contribution in [2.45, 2.75) is 32.1 Å². The molecule has 0 bridgehead atoms. The summed E-state index contributed by atoms with van der Waals surface area (Å²) in [4.78, 5) is 15.7. The van der Waals surface area contributed by atoms with Crippen LogP contribution in [-0.2, 0) is 11.3 Å². The highest BCUT2D eigenvalue weighted by Gasteiger charge is 2.22. The maximum atomic E-state index is 11.5. The number of primary amides is 1. The molecule has 0 spiro atoms. The van der Waals surface area contributed by atoms with E-state index >= 15 is 0 Å². The summed E-state index contributed by atoms with van der Waals surface area (Å²) in [6.45, 7) is 3.01. The molecule has 6 heteroatoms. The van der Waals surface area contributed by atoms with E-state index in [9.17, 15) is 4.79 Å². The summed E-state index contributed by atoms with van der Waals surface area (Å²) in [5.41, 5.74) is 6.74. The molecule has 2 atom stereocenters. The van der Waals surface area contributed by atoms with Crippen molar-refractivity contribution in [1.82, 2.24) is 9.55 Å². The Hall–Kier alpha value is -3.64. The fourth-order valence-electron chi connectivity index (χ4n) is 3.80. The normalized spacial score (nSPS) is 13.0. The monoisotopic (exact) mass is 429 g/mol. The molecule has 0 aliphatic rings. The number of hydrogen-bond donors (Lipinski definition) is 1. The van der Waals surface area contributed by atoms with Crippen molar-refractivity contribution in [2.24, 2.45) is 5.73 Å². The third-order valence-corrected chi connectivity index (χ3v) is 5.56. The van der Waals surface area contributed by atoms with E-state index in [2.05, 4.69) is 23.2 Å². The Morgan fingerprint density at radius 3 is 2.56 bits per heavy atom. The molecule has 3 aromatic carbocycles. The molecule has 0 radical (unpaired) electrons. The number of imidazole rings is 1. The van der Waals surface area contributed by atoms with Gasteiger partial charge in [0.05, 0.1) is 31.7 Å². The van der Waals surface area contributed by atoms with Gasteiger partial charge in [-0.3, -0.25) is 4.79 Å². The van der Waals surface area contributed by atoms with Gasteiger partial charge in [-0.15, -0.1) is 0 Å². The average molecular weight is 430 g/mol. The Balaban J connectivity index is 1.47. The molecule has 1 amide bonds. The lowest BCUT2D eigenvalue weighted by Gasteiger charge is -2.26. The number of hydrogen-bond acceptors (Lipinski definition) is 4. The van der Waals surface area contributed by atoms with Crippen molar-refractivity contribution in [3.8, 4) is 5.75 Å². The van der Waals surface area contributed by atoms with Gasteiger partial charge < -0.3 is 19.8 Å². The van der Waals surface area contributed by atoms with Crippen LogP contribution < -0.4 is 10.5 Å². The van der Waals surface area contributed by atoms with Gasteiger partial charge in [0, 0.05) is 18.0 Å². The largest absolute Gasteiger partial charge is 0.493 e. The third kappa shape index (κ3) is 5.15. The van der Waals surface area contributed by atoms with Gasteiger partial charge in [-0.05, 0) is 23.9 Å². The van der Waals surface area contributed by atoms with Gasteiger partial charge in [0.2, 0.25) is 0 Å². The van der Waals surface area contributed by atoms with Crippen LogP contribution in [0.25, 0.3) is 10.8 Å². The van der Waals surface area contributed by atoms with E-state index in [1.165, 1.54) is 0 Å². The van der Waals surface area contributed by atoms with Gasteiger partial charge in [0.25, 0.3) is 5.91 Å². The number of carbonyl (C=O) groups is 1. The van der Waals surface area contributed by atoms with E-state index in [0.29, 0.717) is 19.6 Å². The van der Waals surface area contributed by atoms with Crippen molar-refractivity contribution in [1.29, 1.82) is 0 Å². The zero-order valence-corrected chi connectivity index (χ0v) is 18.1. The summed E-state index contributed by atoms with van der Waals surface area (Å²) in [5, 5.41) is 2.22. The van der Waals surface area contributed by atoms with Crippen LogP contribution in [0.5, 0.6) is 5.75 Å². The molecule has 164 valence electrons. The van der Waals surface area contributed by atoms with Crippen molar-refractivity contribution in [3.63, 3.8) is 0 Å². The van der Waals surface area contributed by atoms with Gasteiger partial charge >= 0.3 is 0 Å². The molecule has 0 aliphatic heterocycles. The highest BCUT2D eigenvalue weighted by Crippen LogP contribution is 2.27. The second kappa shape index (κ2) is 10.1. The first-order chi connectivity index (χ1) is 15.6. The minimum absolute atomic E-state index is 0.0747. The van der Waals surface area contributed by atoms with Gasteiger partial charge in [-0.2, -0.15) is 0 Å². The van der Waals surface area contributed by atoms with Crippen molar-refractivity contribution in [2.75, 3.05) is 6.61 Å². The van der Waals surface area contributed by atoms with Crippen molar-refractivity contribution >= 4 is 16.7 Å². The molecular weight excluding hydrogens is 402 g/mol. The molecule has 4 aromatic rings. The quantitative estimate of drug-likeness (QED) is 0.394. The molecule has 32 heavy (non-hydrogen) atoms. The molecule has 0 saturated heterocycles. The highest BCUT2D eigenvalue weighted by molar-refractivity contribution is 5.90. The van der Waals surface area contributed by atoms with Crippen LogP contribution in [0.4, 0.5) is 0 Å². The van der Waals surface area contributed by atoms with Crippen LogP contribution in [0.2, 0.25) is 0 Å². The first-order valence-corrected chi connectivity index (χ1v) is 10.7. The SMILES string of the molecule is CC(OCc1ccccc1)C(CCOc1cccc2ccccc12)n1cnc(C(N)=O)c1. The van der Waals surface area contributed by atoms with Gasteiger partial charge in [-0.1, -0.05) is 66.7 Å². The summed E-state index contributed by atoms with van der Waals surface area (Å²) < 4.78 is 14.2. The second-order valence-corrected chi connectivity index (χ2v) is 7.75. The van der Waals surface area contributed by atoms with Crippen molar-refractivity contribution < 1.29 is 14.3 Å². The number of benzene rings is 3. The Labute approximate surface area is 187 Å². The molecular formula is C26H27N3O3. The van der Waals surface area contributed by atoms with E-state index in [1.807, 2.05) is 66.1 Å².